The van der Waals surface area contributed by atoms with E-state index in [4.69, 9.17) is 9.47 Å². The van der Waals surface area contributed by atoms with Crippen LogP contribution in [0.2, 0.25) is 0 Å². The van der Waals surface area contributed by atoms with Crippen molar-refractivity contribution in [2.45, 2.75) is 6.92 Å². The maximum absolute atomic E-state index is 11.5. The fraction of sp³-hybridized carbons (Fsp3) is 0.750. The van der Waals surface area contributed by atoms with Gasteiger partial charge in [0.1, 0.15) is 0 Å². The van der Waals surface area contributed by atoms with Crippen molar-refractivity contribution in [1.29, 1.82) is 0 Å². The van der Waals surface area contributed by atoms with Gasteiger partial charge in [-0.25, -0.2) is 4.79 Å². The van der Waals surface area contributed by atoms with Crippen LogP contribution in [0, 0.1) is 11.8 Å². The molecule has 2 aliphatic heterocycles. The average Bonchev–Trinajstić information content (AvgIpc) is 2.19. The van der Waals surface area contributed by atoms with Crippen LogP contribution in [0.15, 0.2) is 11.6 Å². The lowest BCUT2D eigenvalue weighted by Gasteiger charge is -2.41. The van der Waals surface area contributed by atoms with Gasteiger partial charge >= 0.3 is 5.97 Å². The highest BCUT2D eigenvalue weighted by Crippen LogP contribution is 2.31. The van der Waals surface area contributed by atoms with Gasteiger partial charge in [-0.3, -0.25) is 0 Å². The second kappa shape index (κ2) is 4.97. The third-order valence-electron chi connectivity index (χ3n) is 3.22. The Hall–Kier alpha value is -0.870. The van der Waals surface area contributed by atoms with Crippen molar-refractivity contribution in [1.82, 2.24) is 4.90 Å². The van der Waals surface area contributed by atoms with Crippen LogP contribution in [-0.2, 0) is 14.3 Å². The van der Waals surface area contributed by atoms with E-state index in [0.29, 0.717) is 18.4 Å². The molecule has 2 fully saturated rings. The Bertz CT molecular complexity index is 285. The molecule has 0 spiro atoms. The number of rotatable bonds is 2. The maximum atomic E-state index is 11.5. The molecule has 0 aliphatic carbocycles. The number of piperidine rings is 1. The first kappa shape index (κ1) is 11.6. The summed E-state index contributed by atoms with van der Waals surface area (Å²) in [5, 5.41) is 0. The van der Waals surface area contributed by atoms with E-state index >= 15 is 0 Å². The van der Waals surface area contributed by atoms with Gasteiger partial charge in [-0.2, -0.15) is 0 Å². The number of carbonyl (C=O) groups excluding carboxylic acids is 1. The quantitative estimate of drug-likeness (QED) is 0.512. The van der Waals surface area contributed by atoms with Crippen LogP contribution in [0.1, 0.15) is 6.92 Å². The van der Waals surface area contributed by atoms with Gasteiger partial charge in [-0.1, -0.05) is 0 Å². The smallest absolute Gasteiger partial charge is 0.330 e. The third kappa shape index (κ3) is 2.44. The normalized spacial score (nSPS) is 32.8. The van der Waals surface area contributed by atoms with Crippen molar-refractivity contribution in [3.05, 3.63) is 11.6 Å². The van der Waals surface area contributed by atoms with E-state index in [1.165, 1.54) is 5.57 Å². The molecule has 0 aromatic heterocycles. The van der Waals surface area contributed by atoms with Crippen molar-refractivity contribution in [2.75, 3.05) is 40.0 Å². The zero-order chi connectivity index (χ0) is 11.5. The van der Waals surface area contributed by atoms with Crippen LogP contribution in [0.3, 0.4) is 0 Å². The number of hydrogen-bond acceptors (Lipinski definition) is 4. The van der Waals surface area contributed by atoms with Crippen LogP contribution in [0.4, 0.5) is 0 Å². The lowest BCUT2D eigenvalue weighted by molar-refractivity contribution is -0.137. The van der Waals surface area contributed by atoms with Crippen molar-refractivity contribution < 1.29 is 14.3 Å². The standard InChI is InChI=1S/C12H19NO3/c1-3-16-12(14)4-11-9-5-13(2)6-10(11)8-15-7-9/h4,9-10H,3,5-8H2,1-2H3/t9-,10+. The van der Waals surface area contributed by atoms with Crippen molar-refractivity contribution in [2.24, 2.45) is 11.8 Å². The number of fused-ring (bicyclic) bond motifs is 2. The van der Waals surface area contributed by atoms with E-state index in [0.717, 1.165) is 26.3 Å². The van der Waals surface area contributed by atoms with Gasteiger partial charge in [0.2, 0.25) is 0 Å². The van der Waals surface area contributed by atoms with Crippen LogP contribution < -0.4 is 0 Å². The molecule has 16 heavy (non-hydrogen) atoms. The lowest BCUT2D eigenvalue weighted by Crippen LogP contribution is -2.46. The first-order valence-corrected chi connectivity index (χ1v) is 5.85. The monoisotopic (exact) mass is 225 g/mol. The van der Waals surface area contributed by atoms with Gasteiger partial charge in [-0.05, 0) is 19.5 Å². The minimum absolute atomic E-state index is 0.209. The van der Waals surface area contributed by atoms with E-state index in [-0.39, 0.29) is 5.97 Å². The topological polar surface area (TPSA) is 38.8 Å². The molecule has 4 nitrogen and oxygen atoms in total. The number of likely N-dealkylation sites (tertiary alicyclic amines) is 1. The second-order valence-corrected chi connectivity index (χ2v) is 4.55. The Morgan fingerprint density at radius 2 is 2.12 bits per heavy atom. The average molecular weight is 225 g/mol. The summed E-state index contributed by atoms with van der Waals surface area (Å²) in [6, 6.07) is 0. The zero-order valence-corrected chi connectivity index (χ0v) is 9.94. The van der Waals surface area contributed by atoms with Crippen LogP contribution >= 0.6 is 0 Å². The summed E-state index contributed by atoms with van der Waals surface area (Å²) in [5.74, 6) is 0.516. The first-order valence-electron chi connectivity index (χ1n) is 5.85. The molecule has 0 aromatic rings. The predicted octanol–water partition coefficient (Wildman–Crippen LogP) is 0.684. The van der Waals surface area contributed by atoms with Gasteiger partial charge in [0.25, 0.3) is 0 Å². The molecule has 2 bridgehead atoms. The Balaban J connectivity index is 2.11. The summed E-state index contributed by atoms with van der Waals surface area (Å²) in [4.78, 5) is 13.8. The lowest BCUT2D eigenvalue weighted by atomic mass is 9.82. The van der Waals surface area contributed by atoms with Crippen LogP contribution in [0.25, 0.3) is 0 Å². The molecule has 0 N–H and O–H groups in total. The summed E-state index contributed by atoms with van der Waals surface area (Å²) in [7, 11) is 2.12. The Morgan fingerprint density at radius 1 is 1.50 bits per heavy atom. The molecule has 2 atom stereocenters. The van der Waals surface area contributed by atoms with Crippen LogP contribution in [-0.4, -0.2) is 50.8 Å². The molecule has 0 amide bonds. The SMILES string of the molecule is CCOC(=O)C=C1[C@@H]2COC[C@H]1CN(C)C2. The highest BCUT2D eigenvalue weighted by atomic mass is 16.5. The van der Waals surface area contributed by atoms with Crippen molar-refractivity contribution in [3.8, 4) is 0 Å². The van der Waals surface area contributed by atoms with Crippen LogP contribution in [0.5, 0.6) is 0 Å². The molecular weight excluding hydrogens is 206 g/mol. The fourth-order valence-corrected chi connectivity index (χ4v) is 2.58. The third-order valence-corrected chi connectivity index (χ3v) is 3.22. The van der Waals surface area contributed by atoms with E-state index < -0.39 is 0 Å². The minimum Gasteiger partial charge on any atom is -0.463 e. The van der Waals surface area contributed by atoms with Gasteiger partial charge in [0, 0.05) is 31.0 Å². The molecule has 2 aliphatic rings. The van der Waals surface area contributed by atoms with Gasteiger partial charge in [-0.15, -0.1) is 0 Å². The zero-order valence-electron chi connectivity index (χ0n) is 9.94. The number of hydrogen-bond donors (Lipinski definition) is 0. The molecule has 0 radical (unpaired) electrons. The minimum atomic E-state index is -0.209. The summed E-state index contributed by atoms with van der Waals surface area (Å²) in [6.45, 7) is 5.67. The summed E-state index contributed by atoms with van der Waals surface area (Å²) < 4.78 is 10.5. The van der Waals surface area contributed by atoms with Gasteiger partial charge < -0.3 is 14.4 Å². The number of ether oxygens (including phenoxy) is 2. The fourth-order valence-electron chi connectivity index (χ4n) is 2.58. The van der Waals surface area contributed by atoms with Gasteiger partial charge in [0.15, 0.2) is 0 Å². The van der Waals surface area contributed by atoms with E-state index in [1.807, 2.05) is 6.92 Å². The Morgan fingerprint density at radius 3 is 2.69 bits per heavy atom. The van der Waals surface area contributed by atoms with E-state index in [1.54, 1.807) is 6.08 Å². The molecular formula is C12H19NO3. The molecule has 2 rings (SSSR count). The maximum Gasteiger partial charge on any atom is 0.330 e. The Kier molecular flexibility index (Phi) is 3.61. The molecule has 0 saturated carbocycles. The summed E-state index contributed by atoms with van der Waals surface area (Å²) in [5.41, 5.74) is 1.22. The highest BCUT2D eigenvalue weighted by Gasteiger charge is 2.34. The number of esters is 1. The molecule has 2 saturated heterocycles. The Labute approximate surface area is 96.2 Å². The largest absolute Gasteiger partial charge is 0.463 e. The van der Waals surface area contributed by atoms with E-state index in [9.17, 15) is 4.79 Å². The number of carbonyl (C=O) groups is 1. The highest BCUT2D eigenvalue weighted by molar-refractivity contribution is 5.83. The second-order valence-electron chi connectivity index (χ2n) is 4.55. The molecule has 0 aromatic carbocycles. The van der Waals surface area contributed by atoms with Crippen molar-refractivity contribution >= 4 is 5.97 Å². The molecule has 90 valence electrons. The molecule has 4 heteroatoms. The van der Waals surface area contributed by atoms with Gasteiger partial charge in [0.05, 0.1) is 19.8 Å². The molecule has 2 heterocycles. The molecule has 0 unspecified atom stereocenters. The van der Waals surface area contributed by atoms with Crippen molar-refractivity contribution in [3.63, 3.8) is 0 Å². The summed E-state index contributed by atoms with van der Waals surface area (Å²) >= 11 is 0. The first-order chi connectivity index (χ1) is 7.70. The summed E-state index contributed by atoms with van der Waals surface area (Å²) in [6.07, 6.45) is 1.69. The van der Waals surface area contributed by atoms with E-state index in [2.05, 4.69) is 11.9 Å². The predicted molar refractivity (Wildman–Crippen MR) is 60.0 cm³/mol. The number of nitrogens with zero attached hydrogens (tertiary/aromatic N) is 1.